The first-order valence-corrected chi connectivity index (χ1v) is 9.97. The molecule has 4 aromatic carbocycles. The summed E-state index contributed by atoms with van der Waals surface area (Å²) in [5, 5.41) is 0.710. The Kier molecular flexibility index (Phi) is 6.43. The topological polar surface area (TPSA) is 30.8 Å². The molecule has 0 aliphatic rings. The third-order valence-corrected chi connectivity index (χ3v) is 4.78. The summed E-state index contributed by atoms with van der Waals surface area (Å²) in [6, 6.07) is 32.8. The summed E-state index contributed by atoms with van der Waals surface area (Å²) in [4.78, 5) is 4.52. The number of ether oxygens (including phenoxy) is 2. The van der Waals surface area contributed by atoms with Crippen LogP contribution >= 0.6 is 11.6 Å². The molecule has 0 atom stereocenters. The molecule has 148 valence electrons. The lowest BCUT2D eigenvalue weighted by atomic mass is 10.2. The van der Waals surface area contributed by atoms with Gasteiger partial charge < -0.3 is 9.47 Å². The standard InChI is InChI=1S/C26H20ClNO2/c27-26-9-5-4-6-21(26)19-29-23-14-10-20(11-15-23)18-28-22-12-16-25(17-13-22)30-24-7-2-1-3-8-24/h1-18H,19H2. The van der Waals surface area contributed by atoms with Crippen LogP contribution in [0.25, 0.3) is 0 Å². The van der Waals surface area contributed by atoms with Crippen molar-refractivity contribution in [3.05, 3.63) is 119 Å². The molecule has 0 aliphatic heterocycles. The molecule has 0 heterocycles. The summed E-state index contributed by atoms with van der Waals surface area (Å²) in [5.74, 6) is 2.38. The average molecular weight is 414 g/mol. The van der Waals surface area contributed by atoms with Gasteiger partial charge in [-0.1, -0.05) is 48.0 Å². The van der Waals surface area contributed by atoms with Crippen molar-refractivity contribution in [1.82, 2.24) is 0 Å². The second-order valence-corrected chi connectivity index (χ2v) is 7.02. The summed E-state index contributed by atoms with van der Waals surface area (Å²) in [6.45, 7) is 0.435. The first-order valence-electron chi connectivity index (χ1n) is 9.59. The number of hydrogen-bond donors (Lipinski definition) is 0. The molecule has 3 nitrogen and oxygen atoms in total. The molecule has 0 aliphatic carbocycles. The Balaban J connectivity index is 1.33. The molecule has 0 unspecified atom stereocenters. The molecule has 0 saturated heterocycles. The van der Waals surface area contributed by atoms with Gasteiger partial charge in [0.2, 0.25) is 0 Å². The number of hydrogen-bond acceptors (Lipinski definition) is 3. The third-order valence-electron chi connectivity index (χ3n) is 4.41. The quantitative estimate of drug-likeness (QED) is 0.294. The van der Waals surface area contributed by atoms with Gasteiger partial charge in [-0.25, -0.2) is 0 Å². The van der Waals surface area contributed by atoms with Crippen molar-refractivity contribution in [2.75, 3.05) is 0 Å². The van der Waals surface area contributed by atoms with Crippen molar-refractivity contribution < 1.29 is 9.47 Å². The molecule has 0 aromatic heterocycles. The van der Waals surface area contributed by atoms with Crippen LogP contribution < -0.4 is 9.47 Å². The van der Waals surface area contributed by atoms with Gasteiger partial charge in [-0.3, -0.25) is 4.99 Å². The minimum absolute atomic E-state index is 0.435. The Hall–Kier alpha value is -3.56. The van der Waals surface area contributed by atoms with E-state index in [2.05, 4.69) is 4.99 Å². The first-order chi connectivity index (χ1) is 14.8. The van der Waals surface area contributed by atoms with Gasteiger partial charge in [-0.2, -0.15) is 0 Å². The van der Waals surface area contributed by atoms with Crippen LogP contribution in [0.2, 0.25) is 5.02 Å². The molecule has 4 rings (SSSR count). The van der Waals surface area contributed by atoms with Gasteiger partial charge in [-0.15, -0.1) is 0 Å². The van der Waals surface area contributed by atoms with Gasteiger partial charge in [0.05, 0.1) is 5.69 Å². The van der Waals surface area contributed by atoms with Crippen LogP contribution in [0.4, 0.5) is 5.69 Å². The van der Waals surface area contributed by atoms with Crippen molar-refractivity contribution in [3.63, 3.8) is 0 Å². The zero-order valence-electron chi connectivity index (χ0n) is 16.2. The van der Waals surface area contributed by atoms with Crippen LogP contribution in [0.5, 0.6) is 17.2 Å². The van der Waals surface area contributed by atoms with Gasteiger partial charge in [0, 0.05) is 16.8 Å². The molecule has 0 saturated carbocycles. The van der Waals surface area contributed by atoms with Gasteiger partial charge in [-0.05, 0) is 72.3 Å². The highest BCUT2D eigenvalue weighted by molar-refractivity contribution is 6.31. The first kappa shape index (κ1) is 19.7. The molecular weight excluding hydrogens is 394 g/mol. The Morgan fingerprint density at radius 1 is 0.667 bits per heavy atom. The van der Waals surface area contributed by atoms with Crippen molar-refractivity contribution in [2.45, 2.75) is 6.61 Å². The van der Waals surface area contributed by atoms with Crippen molar-refractivity contribution in [1.29, 1.82) is 0 Å². The van der Waals surface area contributed by atoms with Crippen LogP contribution in [0.15, 0.2) is 108 Å². The normalized spacial score (nSPS) is 10.8. The number of halogens is 1. The molecule has 0 N–H and O–H groups in total. The number of para-hydroxylation sites is 1. The van der Waals surface area contributed by atoms with Crippen LogP contribution in [0, 0.1) is 0 Å². The zero-order chi connectivity index (χ0) is 20.6. The summed E-state index contributed by atoms with van der Waals surface area (Å²) >= 11 is 6.16. The fourth-order valence-electron chi connectivity index (χ4n) is 2.80. The number of benzene rings is 4. The van der Waals surface area contributed by atoms with E-state index < -0.39 is 0 Å². The average Bonchev–Trinajstić information content (AvgIpc) is 2.79. The number of aliphatic imine (C=N–C) groups is 1. The molecule has 0 bridgehead atoms. The predicted molar refractivity (Wildman–Crippen MR) is 122 cm³/mol. The number of nitrogens with zero attached hydrogens (tertiary/aromatic N) is 1. The van der Waals surface area contributed by atoms with E-state index in [-0.39, 0.29) is 0 Å². The van der Waals surface area contributed by atoms with Crippen LogP contribution in [0.3, 0.4) is 0 Å². The van der Waals surface area contributed by atoms with Crippen molar-refractivity contribution in [2.24, 2.45) is 4.99 Å². The van der Waals surface area contributed by atoms with E-state index in [0.717, 1.165) is 34.1 Å². The second kappa shape index (κ2) is 9.77. The van der Waals surface area contributed by atoms with Gasteiger partial charge >= 0.3 is 0 Å². The summed E-state index contributed by atoms with van der Waals surface area (Å²) in [6.07, 6.45) is 1.82. The van der Waals surface area contributed by atoms with Crippen LogP contribution in [-0.2, 0) is 6.61 Å². The van der Waals surface area contributed by atoms with Gasteiger partial charge in [0.1, 0.15) is 23.9 Å². The smallest absolute Gasteiger partial charge is 0.127 e. The van der Waals surface area contributed by atoms with E-state index in [4.69, 9.17) is 21.1 Å². The van der Waals surface area contributed by atoms with Crippen LogP contribution in [0.1, 0.15) is 11.1 Å². The Morgan fingerprint density at radius 3 is 2.03 bits per heavy atom. The third kappa shape index (κ3) is 5.49. The predicted octanol–water partition coefficient (Wildman–Crippen LogP) is 7.46. The minimum Gasteiger partial charge on any atom is -0.489 e. The van der Waals surface area contributed by atoms with E-state index >= 15 is 0 Å². The van der Waals surface area contributed by atoms with E-state index in [1.807, 2.05) is 109 Å². The summed E-state index contributed by atoms with van der Waals surface area (Å²) in [7, 11) is 0. The highest BCUT2D eigenvalue weighted by atomic mass is 35.5. The number of rotatable bonds is 7. The maximum atomic E-state index is 6.16. The molecule has 0 amide bonds. The van der Waals surface area contributed by atoms with Gasteiger partial charge in [0.25, 0.3) is 0 Å². The highest BCUT2D eigenvalue weighted by Crippen LogP contribution is 2.24. The monoisotopic (exact) mass is 413 g/mol. The lowest BCUT2D eigenvalue weighted by Gasteiger charge is -2.07. The molecular formula is C26H20ClNO2. The maximum absolute atomic E-state index is 6.16. The second-order valence-electron chi connectivity index (χ2n) is 6.62. The van der Waals surface area contributed by atoms with Gasteiger partial charge in [0.15, 0.2) is 0 Å². The minimum atomic E-state index is 0.435. The molecule has 0 spiro atoms. The Labute approximate surface area is 181 Å². The fraction of sp³-hybridized carbons (Fsp3) is 0.0385. The fourth-order valence-corrected chi connectivity index (χ4v) is 2.99. The summed E-state index contributed by atoms with van der Waals surface area (Å²) < 4.78 is 11.6. The van der Waals surface area contributed by atoms with Crippen molar-refractivity contribution in [3.8, 4) is 17.2 Å². The largest absolute Gasteiger partial charge is 0.489 e. The van der Waals surface area contributed by atoms with E-state index in [9.17, 15) is 0 Å². The zero-order valence-corrected chi connectivity index (χ0v) is 17.0. The lowest BCUT2D eigenvalue weighted by molar-refractivity contribution is 0.306. The molecule has 4 aromatic rings. The SMILES string of the molecule is Clc1ccccc1COc1ccc(C=Nc2ccc(Oc3ccccc3)cc2)cc1. The van der Waals surface area contributed by atoms with E-state index in [1.165, 1.54) is 0 Å². The Bertz CT molecular complexity index is 1110. The molecule has 0 fully saturated rings. The van der Waals surface area contributed by atoms with Crippen LogP contribution in [-0.4, -0.2) is 6.21 Å². The van der Waals surface area contributed by atoms with E-state index in [0.29, 0.717) is 11.6 Å². The molecule has 30 heavy (non-hydrogen) atoms. The highest BCUT2D eigenvalue weighted by Gasteiger charge is 2.01. The van der Waals surface area contributed by atoms with Crippen molar-refractivity contribution >= 4 is 23.5 Å². The molecule has 4 heteroatoms. The molecule has 0 radical (unpaired) electrons. The summed E-state index contributed by atoms with van der Waals surface area (Å²) in [5.41, 5.74) is 2.81. The Morgan fingerprint density at radius 2 is 1.30 bits per heavy atom. The van der Waals surface area contributed by atoms with E-state index in [1.54, 1.807) is 0 Å². The lowest BCUT2D eigenvalue weighted by Crippen LogP contribution is -1.96. The maximum Gasteiger partial charge on any atom is 0.127 e.